The maximum absolute atomic E-state index is 5.66. The molecule has 4 heteroatoms. The Kier molecular flexibility index (Phi) is 5.39. The molecule has 0 bridgehead atoms. The lowest BCUT2D eigenvalue weighted by molar-refractivity contribution is -0.00750. The van der Waals surface area contributed by atoms with E-state index >= 15 is 0 Å². The Morgan fingerprint density at radius 2 is 2.26 bits per heavy atom. The van der Waals surface area contributed by atoms with Crippen LogP contribution in [0.15, 0.2) is 22.7 Å². The smallest absolute Gasteiger partial charge is 0.0724 e. The molecule has 2 N–H and O–H groups in total. The molecule has 0 amide bonds. The first kappa shape index (κ1) is 15.0. The van der Waals surface area contributed by atoms with Crippen LogP contribution in [0.4, 0.5) is 0 Å². The molecule has 2 rings (SSSR count). The summed E-state index contributed by atoms with van der Waals surface area (Å²) in [6, 6.07) is 6.41. The van der Waals surface area contributed by atoms with Crippen molar-refractivity contribution in [2.24, 2.45) is 11.7 Å². The third-order valence-electron chi connectivity index (χ3n) is 4.02. The van der Waals surface area contributed by atoms with Gasteiger partial charge in [-0.05, 0) is 36.1 Å². The first-order valence-corrected chi connectivity index (χ1v) is 7.66. The molecule has 0 saturated carbocycles. The van der Waals surface area contributed by atoms with Crippen LogP contribution < -0.4 is 5.73 Å². The zero-order valence-electron chi connectivity index (χ0n) is 11.7. The molecule has 0 spiro atoms. The first-order valence-electron chi connectivity index (χ1n) is 6.86. The van der Waals surface area contributed by atoms with Crippen molar-refractivity contribution in [1.82, 2.24) is 4.90 Å². The Hall–Kier alpha value is -0.420. The fraction of sp³-hybridized carbons (Fsp3) is 0.600. The predicted molar refractivity (Wildman–Crippen MR) is 81.9 cm³/mol. The van der Waals surface area contributed by atoms with Gasteiger partial charge in [0, 0.05) is 31.2 Å². The highest BCUT2D eigenvalue weighted by Gasteiger charge is 2.26. The molecule has 0 aliphatic carbocycles. The Bertz CT molecular complexity index is 425. The number of halogens is 1. The number of piperidine rings is 1. The molecule has 1 heterocycles. The highest BCUT2D eigenvalue weighted by atomic mass is 79.9. The van der Waals surface area contributed by atoms with Crippen molar-refractivity contribution >= 4 is 15.9 Å². The molecular formula is C15H23BrN2O. The van der Waals surface area contributed by atoms with Gasteiger partial charge in [-0.15, -0.1) is 0 Å². The molecule has 1 aromatic rings. The summed E-state index contributed by atoms with van der Waals surface area (Å²) in [4.78, 5) is 2.47. The summed E-state index contributed by atoms with van der Waals surface area (Å²) < 4.78 is 6.72. The van der Waals surface area contributed by atoms with Crippen molar-refractivity contribution in [1.29, 1.82) is 0 Å². The summed E-state index contributed by atoms with van der Waals surface area (Å²) in [7, 11) is 1.82. The number of ether oxygens (including phenoxy) is 1. The topological polar surface area (TPSA) is 38.5 Å². The second kappa shape index (κ2) is 6.84. The van der Waals surface area contributed by atoms with Crippen LogP contribution in [0.5, 0.6) is 0 Å². The van der Waals surface area contributed by atoms with Crippen molar-refractivity contribution in [3.8, 4) is 0 Å². The number of hydrogen-bond donors (Lipinski definition) is 1. The lowest BCUT2D eigenvalue weighted by Crippen LogP contribution is -2.43. The monoisotopic (exact) mass is 326 g/mol. The normalized spacial score (nSPS) is 24.6. The second-order valence-corrected chi connectivity index (χ2v) is 6.26. The standard InChI is InChI=1S/C15H23BrN2O/c1-11-5-6-18(10-15(11)19-2)9-13-4-3-12(8-17)7-14(13)16/h3-4,7,11,15H,5-6,8-10,17H2,1-2H3. The summed E-state index contributed by atoms with van der Waals surface area (Å²) in [5.74, 6) is 0.657. The van der Waals surface area contributed by atoms with Crippen LogP contribution in [0.3, 0.4) is 0 Å². The highest BCUT2D eigenvalue weighted by molar-refractivity contribution is 9.10. The van der Waals surface area contributed by atoms with Gasteiger partial charge in [-0.3, -0.25) is 4.90 Å². The number of nitrogens with two attached hydrogens (primary N) is 1. The van der Waals surface area contributed by atoms with E-state index in [0.29, 0.717) is 18.6 Å². The number of methoxy groups -OCH3 is 1. The molecule has 2 unspecified atom stereocenters. The largest absolute Gasteiger partial charge is 0.380 e. The minimum atomic E-state index is 0.357. The molecule has 106 valence electrons. The summed E-state index contributed by atoms with van der Waals surface area (Å²) in [5.41, 5.74) is 8.14. The van der Waals surface area contributed by atoms with Crippen molar-refractivity contribution < 1.29 is 4.74 Å². The molecule has 1 fully saturated rings. The van der Waals surface area contributed by atoms with Crippen LogP contribution in [0, 0.1) is 5.92 Å². The van der Waals surface area contributed by atoms with E-state index in [2.05, 4.69) is 46.0 Å². The lowest BCUT2D eigenvalue weighted by Gasteiger charge is -2.36. The number of hydrogen-bond acceptors (Lipinski definition) is 3. The van der Waals surface area contributed by atoms with Crippen molar-refractivity contribution in [2.75, 3.05) is 20.2 Å². The maximum atomic E-state index is 5.66. The van der Waals surface area contributed by atoms with Gasteiger partial charge in [0.05, 0.1) is 6.10 Å². The van der Waals surface area contributed by atoms with E-state index in [1.54, 1.807) is 0 Å². The first-order chi connectivity index (χ1) is 9.13. The number of rotatable bonds is 4. The third-order valence-corrected chi connectivity index (χ3v) is 4.76. The fourth-order valence-corrected chi connectivity index (χ4v) is 3.19. The van der Waals surface area contributed by atoms with Crippen LogP contribution in [0.1, 0.15) is 24.5 Å². The van der Waals surface area contributed by atoms with Gasteiger partial charge in [-0.25, -0.2) is 0 Å². The molecule has 0 radical (unpaired) electrons. The van der Waals surface area contributed by atoms with E-state index in [-0.39, 0.29) is 0 Å². The molecule has 1 aliphatic heterocycles. The van der Waals surface area contributed by atoms with Crippen LogP contribution in [0.25, 0.3) is 0 Å². The zero-order valence-corrected chi connectivity index (χ0v) is 13.3. The van der Waals surface area contributed by atoms with E-state index < -0.39 is 0 Å². The second-order valence-electron chi connectivity index (χ2n) is 5.41. The Labute approximate surface area is 124 Å². The average Bonchev–Trinajstić information content (AvgIpc) is 2.43. The molecule has 19 heavy (non-hydrogen) atoms. The van der Waals surface area contributed by atoms with Gasteiger partial charge in [0.1, 0.15) is 0 Å². The maximum Gasteiger partial charge on any atom is 0.0724 e. The van der Waals surface area contributed by atoms with Crippen molar-refractivity contribution in [3.63, 3.8) is 0 Å². The lowest BCUT2D eigenvalue weighted by atomic mass is 9.95. The molecule has 3 nitrogen and oxygen atoms in total. The van der Waals surface area contributed by atoms with Gasteiger partial charge in [0.15, 0.2) is 0 Å². The minimum absolute atomic E-state index is 0.357. The number of likely N-dealkylation sites (tertiary alicyclic amines) is 1. The SMILES string of the molecule is COC1CN(Cc2ccc(CN)cc2Br)CCC1C. The summed E-state index contributed by atoms with van der Waals surface area (Å²) >= 11 is 3.65. The van der Waals surface area contributed by atoms with Crippen molar-refractivity contribution in [3.05, 3.63) is 33.8 Å². The van der Waals surface area contributed by atoms with E-state index in [9.17, 15) is 0 Å². The Morgan fingerprint density at radius 3 is 2.89 bits per heavy atom. The van der Waals surface area contributed by atoms with Crippen molar-refractivity contribution in [2.45, 2.75) is 32.5 Å². The van der Waals surface area contributed by atoms with Gasteiger partial charge < -0.3 is 10.5 Å². The Morgan fingerprint density at radius 1 is 1.47 bits per heavy atom. The zero-order chi connectivity index (χ0) is 13.8. The fourth-order valence-electron chi connectivity index (χ4n) is 2.64. The average molecular weight is 327 g/mol. The molecule has 1 aromatic carbocycles. The Balaban J connectivity index is 2.01. The molecule has 1 aliphatic rings. The minimum Gasteiger partial charge on any atom is -0.380 e. The van der Waals surface area contributed by atoms with Gasteiger partial charge in [0.25, 0.3) is 0 Å². The number of nitrogens with zero attached hydrogens (tertiary/aromatic N) is 1. The van der Waals surface area contributed by atoms with Gasteiger partial charge >= 0.3 is 0 Å². The van der Waals surface area contributed by atoms with Gasteiger partial charge in [0.2, 0.25) is 0 Å². The quantitative estimate of drug-likeness (QED) is 0.924. The highest BCUT2D eigenvalue weighted by Crippen LogP contribution is 2.24. The summed E-state index contributed by atoms with van der Waals surface area (Å²) in [6.07, 6.45) is 1.56. The van der Waals surface area contributed by atoms with Gasteiger partial charge in [-0.1, -0.05) is 35.0 Å². The van der Waals surface area contributed by atoms with E-state index in [4.69, 9.17) is 10.5 Å². The van der Waals surface area contributed by atoms with E-state index in [0.717, 1.165) is 29.7 Å². The molecule has 2 atom stereocenters. The van der Waals surface area contributed by atoms with Crippen LogP contribution in [0.2, 0.25) is 0 Å². The van der Waals surface area contributed by atoms with Gasteiger partial charge in [-0.2, -0.15) is 0 Å². The predicted octanol–water partition coefficient (Wildman–Crippen LogP) is 2.76. The summed E-state index contributed by atoms with van der Waals surface area (Å²) in [6.45, 7) is 6.00. The molecular weight excluding hydrogens is 304 g/mol. The summed E-state index contributed by atoms with van der Waals surface area (Å²) in [5, 5.41) is 0. The third kappa shape index (κ3) is 3.78. The molecule has 0 aromatic heterocycles. The molecule has 1 saturated heterocycles. The van der Waals surface area contributed by atoms with E-state index in [1.807, 2.05) is 7.11 Å². The number of benzene rings is 1. The van der Waals surface area contributed by atoms with Crippen LogP contribution in [-0.4, -0.2) is 31.2 Å². The van der Waals surface area contributed by atoms with E-state index in [1.165, 1.54) is 12.0 Å². The van der Waals surface area contributed by atoms with Crippen LogP contribution >= 0.6 is 15.9 Å². The van der Waals surface area contributed by atoms with Crippen LogP contribution in [-0.2, 0) is 17.8 Å².